The third kappa shape index (κ3) is 2.04. The maximum absolute atomic E-state index is 5.80. The van der Waals surface area contributed by atoms with Gasteiger partial charge in [-0.2, -0.15) is 0 Å². The molecule has 1 heterocycles. The zero-order valence-corrected chi connectivity index (χ0v) is 9.32. The molecule has 2 aromatic rings. The Bertz CT molecular complexity index is 471. The quantitative estimate of drug-likeness (QED) is 0.726. The summed E-state index contributed by atoms with van der Waals surface area (Å²) in [4.78, 5) is 0. The Morgan fingerprint density at radius 3 is 2.53 bits per heavy atom. The first-order valence-corrected chi connectivity index (χ1v) is 5.03. The van der Waals surface area contributed by atoms with Crippen molar-refractivity contribution in [2.45, 2.75) is 13.8 Å². The summed E-state index contributed by atoms with van der Waals surface area (Å²) in [6, 6.07) is 10.1. The Morgan fingerprint density at radius 1 is 1.13 bits per heavy atom. The number of benzene rings is 1. The Morgan fingerprint density at radius 2 is 1.93 bits per heavy atom. The second kappa shape index (κ2) is 3.81. The van der Waals surface area contributed by atoms with Crippen LogP contribution in [0.2, 0.25) is 0 Å². The second-order valence-corrected chi connectivity index (χ2v) is 3.83. The predicted octanol–water partition coefficient (Wildman–Crippen LogP) is 3.43. The molecule has 0 N–H and O–H groups in total. The van der Waals surface area contributed by atoms with Gasteiger partial charge in [-0.05, 0) is 31.5 Å². The van der Waals surface area contributed by atoms with E-state index in [2.05, 4.69) is 26.0 Å². The lowest BCUT2D eigenvalue weighted by molar-refractivity contribution is 0.440. The SMILES string of the molecule is Cc1ccc(Oc2cccn2C)c(C)c1. The molecule has 2 rings (SSSR count). The molecule has 0 fully saturated rings. The van der Waals surface area contributed by atoms with Gasteiger partial charge in [0.2, 0.25) is 0 Å². The molecule has 0 aliphatic heterocycles. The molecule has 1 aromatic carbocycles. The smallest absolute Gasteiger partial charge is 0.199 e. The van der Waals surface area contributed by atoms with E-state index >= 15 is 0 Å². The van der Waals surface area contributed by atoms with E-state index in [1.807, 2.05) is 36.0 Å². The van der Waals surface area contributed by atoms with Crippen molar-refractivity contribution in [3.05, 3.63) is 47.7 Å². The average Bonchev–Trinajstić information content (AvgIpc) is 2.57. The molecule has 2 heteroatoms. The molecule has 78 valence electrons. The van der Waals surface area contributed by atoms with Crippen LogP contribution in [-0.4, -0.2) is 4.57 Å². The minimum atomic E-state index is 0.863. The van der Waals surface area contributed by atoms with Gasteiger partial charge in [0.15, 0.2) is 5.88 Å². The zero-order valence-electron chi connectivity index (χ0n) is 9.32. The number of hydrogen-bond acceptors (Lipinski definition) is 1. The Labute approximate surface area is 90.1 Å². The molecule has 0 radical (unpaired) electrons. The lowest BCUT2D eigenvalue weighted by atomic mass is 10.1. The van der Waals surface area contributed by atoms with Gasteiger partial charge in [0.25, 0.3) is 0 Å². The average molecular weight is 201 g/mol. The molecule has 0 saturated carbocycles. The van der Waals surface area contributed by atoms with Gasteiger partial charge in [-0.25, -0.2) is 0 Å². The summed E-state index contributed by atoms with van der Waals surface area (Å²) >= 11 is 0. The maximum Gasteiger partial charge on any atom is 0.199 e. The summed E-state index contributed by atoms with van der Waals surface area (Å²) < 4.78 is 7.76. The van der Waals surface area contributed by atoms with E-state index in [4.69, 9.17) is 4.74 Å². The summed E-state index contributed by atoms with van der Waals surface area (Å²) in [5.74, 6) is 1.78. The number of ether oxygens (including phenoxy) is 1. The summed E-state index contributed by atoms with van der Waals surface area (Å²) in [7, 11) is 1.97. The molecule has 1 aromatic heterocycles. The molecular weight excluding hydrogens is 186 g/mol. The van der Waals surface area contributed by atoms with E-state index in [0.717, 1.165) is 17.2 Å². The van der Waals surface area contributed by atoms with Crippen LogP contribution >= 0.6 is 0 Å². The third-order valence-electron chi connectivity index (χ3n) is 2.44. The minimum Gasteiger partial charge on any atom is -0.441 e. The van der Waals surface area contributed by atoms with Crippen molar-refractivity contribution in [1.29, 1.82) is 0 Å². The van der Waals surface area contributed by atoms with Gasteiger partial charge < -0.3 is 9.30 Å². The number of rotatable bonds is 2. The van der Waals surface area contributed by atoms with Crippen LogP contribution in [0.25, 0.3) is 0 Å². The fourth-order valence-electron chi connectivity index (χ4n) is 1.58. The number of aryl methyl sites for hydroxylation is 3. The van der Waals surface area contributed by atoms with Crippen LogP contribution in [0, 0.1) is 13.8 Å². The van der Waals surface area contributed by atoms with E-state index in [9.17, 15) is 0 Å². The molecular formula is C13H15NO. The molecule has 0 bridgehead atoms. The van der Waals surface area contributed by atoms with Crippen LogP contribution in [0.1, 0.15) is 11.1 Å². The van der Waals surface area contributed by atoms with Crippen LogP contribution in [0.15, 0.2) is 36.5 Å². The zero-order chi connectivity index (χ0) is 10.8. The normalized spacial score (nSPS) is 10.3. The maximum atomic E-state index is 5.80. The summed E-state index contributed by atoms with van der Waals surface area (Å²) in [6.45, 7) is 4.14. The second-order valence-electron chi connectivity index (χ2n) is 3.83. The van der Waals surface area contributed by atoms with E-state index in [1.165, 1.54) is 5.56 Å². The summed E-state index contributed by atoms with van der Waals surface area (Å²) in [6.07, 6.45) is 1.97. The van der Waals surface area contributed by atoms with Crippen molar-refractivity contribution < 1.29 is 4.74 Å². The van der Waals surface area contributed by atoms with Gasteiger partial charge in [0.1, 0.15) is 5.75 Å². The van der Waals surface area contributed by atoms with Crippen molar-refractivity contribution in [2.75, 3.05) is 0 Å². The van der Waals surface area contributed by atoms with Gasteiger partial charge in [0, 0.05) is 19.3 Å². The first-order chi connectivity index (χ1) is 7.16. The highest BCUT2D eigenvalue weighted by Crippen LogP contribution is 2.25. The Hall–Kier alpha value is -1.70. The van der Waals surface area contributed by atoms with Crippen molar-refractivity contribution in [3.8, 4) is 11.6 Å². The van der Waals surface area contributed by atoms with Crippen molar-refractivity contribution >= 4 is 0 Å². The fraction of sp³-hybridized carbons (Fsp3) is 0.231. The van der Waals surface area contributed by atoms with E-state index in [0.29, 0.717) is 0 Å². The summed E-state index contributed by atoms with van der Waals surface area (Å²) in [5, 5.41) is 0. The highest BCUT2D eigenvalue weighted by Gasteiger charge is 2.03. The van der Waals surface area contributed by atoms with Gasteiger partial charge >= 0.3 is 0 Å². The molecule has 0 amide bonds. The van der Waals surface area contributed by atoms with Crippen LogP contribution in [0.4, 0.5) is 0 Å². The highest BCUT2D eigenvalue weighted by molar-refractivity contribution is 5.38. The summed E-state index contributed by atoms with van der Waals surface area (Å²) in [5.41, 5.74) is 2.42. The van der Waals surface area contributed by atoms with Crippen LogP contribution in [0.5, 0.6) is 11.6 Å². The predicted molar refractivity (Wildman–Crippen MR) is 61.4 cm³/mol. The lowest BCUT2D eigenvalue weighted by Gasteiger charge is -2.09. The lowest BCUT2D eigenvalue weighted by Crippen LogP contribution is -1.93. The van der Waals surface area contributed by atoms with Crippen molar-refractivity contribution in [1.82, 2.24) is 4.57 Å². The van der Waals surface area contributed by atoms with Crippen LogP contribution in [0.3, 0.4) is 0 Å². The van der Waals surface area contributed by atoms with Crippen LogP contribution in [-0.2, 0) is 7.05 Å². The number of nitrogens with zero attached hydrogens (tertiary/aromatic N) is 1. The molecule has 0 atom stereocenters. The molecule has 0 aliphatic rings. The van der Waals surface area contributed by atoms with Crippen LogP contribution < -0.4 is 4.74 Å². The fourth-order valence-corrected chi connectivity index (χ4v) is 1.58. The standard InChI is InChI=1S/C13H15NO/c1-10-6-7-12(11(2)9-10)15-13-5-4-8-14(13)3/h4-9H,1-3H3. The van der Waals surface area contributed by atoms with Crippen molar-refractivity contribution in [2.24, 2.45) is 7.05 Å². The van der Waals surface area contributed by atoms with Gasteiger partial charge in [0.05, 0.1) is 0 Å². The molecule has 0 spiro atoms. The first-order valence-electron chi connectivity index (χ1n) is 5.03. The largest absolute Gasteiger partial charge is 0.441 e. The minimum absolute atomic E-state index is 0.863. The molecule has 15 heavy (non-hydrogen) atoms. The van der Waals surface area contributed by atoms with E-state index in [1.54, 1.807) is 0 Å². The Kier molecular flexibility index (Phi) is 2.50. The first kappa shape index (κ1) is 9.84. The van der Waals surface area contributed by atoms with E-state index in [-0.39, 0.29) is 0 Å². The number of aromatic nitrogens is 1. The Balaban J connectivity index is 2.29. The molecule has 2 nitrogen and oxygen atoms in total. The highest BCUT2D eigenvalue weighted by atomic mass is 16.5. The topological polar surface area (TPSA) is 14.2 Å². The van der Waals surface area contributed by atoms with Crippen molar-refractivity contribution in [3.63, 3.8) is 0 Å². The molecule has 0 saturated heterocycles. The van der Waals surface area contributed by atoms with E-state index < -0.39 is 0 Å². The number of hydrogen-bond donors (Lipinski definition) is 0. The van der Waals surface area contributed by atoms with Gasteiger partial charge in [-0.15, -0.1) is 0 Å². The molecule has 0 unspecified atom stereocenters. The van der Waals surface area contributed by atoms with Gasteiger partial charge in [-0.1, -0.05) is 17.7 Å². The molecule has 0 aliphatic carbocycles. The third-order valence-corrected chi connectivity index (χ3v) is 2.44. The monoisotopic (exact) mass is 201 g/mol. The van der Waals surface area contributed by atoms with Gasteiger partial charge in [-0.3, -0.25) is 0 Å².